The van der Waals surface area contributed by atoms with Crippen LogP contribution in [0.15, 0.2) is 84.9 Å². The molecule has 6 heteroatoms. The number of amides is 1. The van der Waals surface area contributed by atoms with Gasteiger partial charge >= 0.3 is 0 Å². The van der Waals surface area contributed by atoms with E-state index in [1.165, 1.54) is 0 Å². The molecule has 1 unspecified atom stereocenters. The number of nitriles is 1. The molecule has 3 aromatic rings. The Hall–Kier alpha value is -3.43. The molecule has 1 aliphatic heterocycles. The topological polar surface area (TPSA) is 73.6 Å². The molecule has 0 aromatic heterocycles. The first-order chi connectivity index (χ1) is 16.0. The van der Waals surface area contributed by atoms with Gasteiger partial charge in [-0.3, -0.25) is 9.69 Å². The lowest BCUT2D eigenvalue weighted by Gasteiger charge is -2.41. The van der Waals surface area contributed by atoms with Crippen molar-refractivity contribution in [1.82, 2.24) is 4.90 Å². The molecule has 1 heterocycles. The number of carbonyl (C=O) groups is 1. The Balaban J connectivity index is 1.67. The third kappa shape index (κ3) is 3.73. The molecule has 0 bridgehead atoms. The Kier molecular flexibility index (Phi) is 5.51. The van der Waals surface area contributed by atoms with Gasteiger partial charge in [-0.1, -0.05) is 66.2 Å². The summed E-state index contributed by atoms with van der Waals surface area (Å²) in [5.41, 5.74) is 2.32. The smallest absolute Gasteiger partial charge is 0.257 e. The highest BCUT2D eigenvalue weighted by Crippen LogP contribution is 2.47. The summed E-state index contributed by atoms with van der Waals surface area (Å²) >= 11 is 6.18. The SMILES string of the molecule is N#Cc1ccc(CN2C(=O)c3ccccc3C2(O[C@H]2C=C[C@@H](O)C2)c2ccc(Cl)cc2)cc1. The van der Waals surface area contributed by atoms with E-state index < -0.39 is 11.8 Å². The van der Waals surface area contributed by atoms with Crippen molar-refractivity contribution < 1.29 is 14.6 Å². The van der Waals surface area contributed by atoms with E-state index in [9.17, 15) is 9.90 Å². The second-order valence-corrected chi connectivity index (χ2v) is 8.68. The lowest BCUT2D eigenvalue weighted by atomic mass is 9.92. The lowest BCUT2D eigenvalue weighted by molar-refractivity contribution is -0.137. The van der Waals surface area contributed by atoms with Gasteiger partial charge in [-0.25, -0.2) is 0 Å². The number of hydrogen-bond donors (Lipinski definition) is 1. The minimum atomic E-state index is -1.20. The van der Waals surface area contributed by atoms with Crippen LogP contribution in [0.2, 0.25) is 5.02 Å². The number of halogens is 1. The number of nitrogens with zero attached hydrogens (tertiary/aromatic N) is 2. The molecule has 0 fully saturated rings. The summed E-state index contributed by atoms with van der Waals surface area (Å²) in [4.78, 5) is 15.4. The lowest BCUT2D eigenvalue weighted by Crippen LogP contribution is -2.48. The Morgan fingerprint density at radius 2 is 1.79 bits per heavy atom. The fourth-order valence-electron chi connectivity index (χ4n) is 4.59. The molecule has 0 saturated heterocycles. The number of ether oxygens (including phenoxy) is 1. The number of benzene rings is 3. The Labute approximate surface area is 197 Å². The third-order valence-corrected chi connectivity index (χ3v) is 6.40. The number of rotatable bonds is 5. The van der Waals surface area contributed by atoms with E-state index in [2.05, 4.69) is 6.07 Å². The Morgan fingerprint density at radius 3 is 2.45 bits per heavy atom. The third-order valence-electron chi connectivity index (χ3n) is 6.15. The zero-order chi connectivity index (χ0) is 23.0. The van der Waals surface area contributed by atoms with Gasteiger partial charge in [-0.05, 0) is 35.9 Å². The summed E-state index contributed by atoms with van der Waals surface area (Å²) in [6.07, 6.45) is 3.01. The maximum absolute atomic E-state index is 13.7. The first kappa shape index (κ1) is 21.4. The van der Waals surface area contributed by atoms with Gasteiger partial charge in [0.2, 0.25) is 0 Å². The van der Waals surface area contributed by atoms with E-state index in [1.54, 1.807) is 35.2 Å². The molecule has 0 saturated carbocycles. The Morgan fingerprint density at radius 1 is 1.06 bits per heavy atom. The normalized spacial score (nSPS) is 23.5. The molecule has 0 radical (unpaired) electrons. The van der Waals surface area contributed by atoms with Crippen LogP contribution in [-0.4, -0.2) is 28.1 Å². The van der Waals surface area contributed by atoms with Crippen molar-refractivity contribution >= 4 is 17.5 Å². The summed E-state index contributed by atoms with van der Waals surface area (Å²) in [6.45, 7) is 0.279. The zero-order valence-corrected chi connectivity index (χ0v) is 18.4. The molecule has 33 heavy (non-hydrogen) atoms. The predicted molar refractivity (Wildman–Crippen MR) is 124 cm³/mol. The minimum Gasteiger partial charge on any atom is -0.389 e. The molecule has 1 aliphatic carbocycles. The summed E-state index contributed by atoms with van der Waals surface area (Å²) in [6, 6.07) is 24.1. The van der Waals surface area contributed by atoms with Gasteiger partial charge in [-0.15, -0.1) is 0 Å². The van der Waals surface area contributed by atoms with Gasteiger partial charge < -0.3 is 9.84 Å². The number of aliphatic hydroxyl groups is 1. The second kappa shape index (κ2) is 8.49. The van der Waals surface area contributed by atoms with Crippen molar-refractivity contribution in [1.29, 1.82) is 5.26 Å². The number of fused-ring (bicyclic) bond motifs is 1. The monoisotopic (exact) mass is 456 g/mol. The molecule has 1 amide bonds. The second-order valence-electron chi connectivity index (χ2n) is 8.24. The van der Waals surface area contributed by atoms with Gasteiger partial charge in [0.05, 0.1) is 23.8 Å². The van der Waals surface area contributed by atoms with Gasteiger partial charge in [-0.2, -0.15) is 5.26 Å². The van der Waals surface area contributed by atoms with Gasteiger partial charge in [0, 0.05) is 34.7 Å². The summed E-state index contributed by atoms with van der Waals surface area (Å²) in [5, 5.41) is 19.8. The van der Waals surface area contributed by atoms with Gasteiger partial charge in [0.15, 0.2) is 5.72 Å². The average molecular weight is 457 g/mol. The van der Waals surface area contributed by atoms with E-state index in [4.69, 9.17) is 21.6 Å². The van der Waals surface area contributed by atoms with E-state index in [0.29, 0.717) is 22.6 Å². The highest BCUT2D eigenvalue weighted by atomic mass is 35.5. The van der Waals surface area contributed by atoms with Crippen LogP contribution in [0.3, 0.4) is 0 Å². The standard InChI is InChI=1S/C27H21ClN2O3/c28-21-11-9-20(10-12-21)27(33-23-14-13-22(31)15-23)25-4-2-1-3-24(25)26(32)30(27)17-19-7-5-18(16-29)6-8-19/h1-14,22-23,31H,15,17H2/t22-,23+,27?/m1/s1. The minimum absolute atomic E-state index is 0.146. The van der Waals surface area contributed by atoms with Crippen LogP contribution in [0, 0.1) is 11.3 Å². The van der Waals surface area contributed by atoms with E-state index in [1.807, 2.05) is 54.6 Å². The summed E-state index contributed by atoms with van der Waals surface area (Å²) in [7, 11) is 0. The number of hydrogen-bond acceptors (Lipinski definition) is 4. The van der Waals surface area contributed by atoms with E-state index in [-0.39, 0.29) is 18.6 Å². The molecule has 2 aliphatic rings. The molecule has 5 rings (SSSR count). The van der Waals surface area contributed by atoms with Crippen molar-refractivity contribution in [2.24, 2.45) is 0 Å². The number of aliphatic hydroxyl groups excluding tert-OH is 1. The highest BCUT2D eigenvalue weighted by molar-refractivity contribution is 6.30. The van der Waals surface area contributed by atoms with Crippen molar-refractivity contribution in [3.8, 4) is 6.07 Å². The van der Waals surface area contributed by atoms with E-state index in [0.717, 1.165) is 16.7 Å². The average Bonchev–Trinajstić information content (AvgIpc) is 3.35. The van der Waals surface area contributed by atoms with Crippen LogP contribution in [0.25, 0.3) is 0 Å². The largest absolute Gasteiger partial charge is 0.389 e. The van der Waals surface area contributed by atoms with Crippen molar-refractivity contribution in [2.75, 3.05) is 0 Å². The maximum Gasteiger partial charge on any atom is 0.257 e. The van der Waals surface area contributed by atoms with E-state index >= 15 is 0 Å². The van der Waals surface area contributed by atoms with Crippen LogP contribution in [-0.2, 0) is 17.0 Å². The van der Waals surface area contributed by atoms with Crippen LogP contribution < -0.4 is 0 Å². The maximum atomic E-state index is 13.7. The Bertz CT molecular complexity index is 1260. The van der Waals surface area contributed by atoms with Gasteiger partial charge in [0.1, 0.15) is 0 Å². The van der Waals surface area contributed by atoms with Crippen LogP contribution in [0.5, 0.6) is 0 Å². The first-order valence-corrected chi connectivity index (χ1v) is 11.1. The van der Waals surface area contributed by atoms with Crippen LogP contribution in [0.4, 0.5) is 0 Å². The summed E-state index contributed by atoms with van der Waals surface area (Å²) in [5.74, 6) is -0.146. The quantitative estimate of drug-likeness (QED) is 0.561. The highest BCUT2D eigenvalue weighted by Gasteiger charge is 2.53. The molecule has 3 atom stereocenters. The molecular formula is C27H21ClN2O3. The first-order valence-electron chi connectivity index (χ1n) is 10.7. The fourth-order valence-corrected chi connectivity index (χ4v) is 4.71. The summed E-state index contributed by atoms with van der Waals surface area (Å²) < 4.78 is 6.75. The molecule has 0 spiro atoms. The molecular weight excluding hydrogens is 436 g/mol. The molecule has 5 nitrogen and oxygen atoms in total. The van der Waals surface area contributed by atoms with Gasteiger partial charge in [0.25, 0.3) is 5.91 Å². The molecule has 3 aromatic carbocycles. The molecule has 164 valence electrons. The molecule has 1 N–H and O–H groups in total. The zero-order valence-electron chi connectivity index (χ0n) is 17.7. The van der Waals surface area contributed by atoms with Crippen LogP contribution in [0.1, 0.15) is 39.0 Å². The van der Waals surface area contributed by atoms with Crippen molar-refractivity contribution in [3.63, 3.8) is 0 Å². The predicted octanol–water partition coefficient (Wildman–Crippen LogP) is 4.77. The fraction of sp³-hybridized carbons (Fsp3) is 0.185. The number of carbonyl (C=O) groups excluding carboxylic acids is 1. The van der Waals surface area contributed by atoms with Crippen molar-refractivity contribution in [3.05, 3.63) is 118 Å². The van der Waals surface area contributed by atoms with Crippen molar-refractivity contribution in [2.45, 2.75) is 30.9 Å². The van der Waals surface area contributed by atoms with Crippen LogP contribution >= 0.6 is 11.6 Å².